The Balaban J connectivity index is 2.16. The summed E-state index contributed by atoms with van der Waals surface area (Å²) >= 11 is 1.06. The van der Waals surface area contributed by atoms with Crippen molar-refractivity contribution in [3.05, 3.63) is 28.7 Å². The maximum absolute atomic E-state index is 12.1. The molecule has 0 saturated carbocycles. The zero-order valence-electron chi connectivity index (χ0n) is 10.5. The summed E-state index contributed by atoms with van der Waals surface area (Å²) in [6.07, 6.45) is 1.50. The van der Waals surface area contributed by atoms with E-state index < -0.39 is 10.0 Å². The Labute approximate surface area is 115 Å². The Bertz CT molecular complexity index is 675. The first-order valence-corrected chi connectivity index (χ1v) is 7.76. The number of hydrogen-bond donors (Lipinski definition) is 2. The Hall–Kier alpha value is -1.29. The fourth-order valence-electron chi connectivity index (χ4n) is 1.48. The van der Waals surface area contributed by atoms with Crippen molar-refractivity contribution in [1.82, 2.24) is 19.5 Å². The molecule has 0 saturated heterocycles. The number of rotatable bonds is 5. The van der Waals surface area contributed by atoms with E-state index in [1.54, 1.807) is 24.6 Å². The van der Waals surface area contributed by atoms with E-state index in [-0.39, 0.29) is 17.4 Å². The van der Waals surface area contributed by atoms with E-state index in [1.165, 1.54) is 6.33 Å². The fourth-order valence-corrected chi connectivity index (χ4v) is 3.95. The maximum atomic E-state index is 12.1. The van der Waals surface area contributed by atoms with Crippen molar-refractivity contribution in [2.24, 2.45) is 7.05 Å². The molecule has 0 radical (unpaired) electrons. The maximum Gasteiger partial charge on any atom is 0.250 e. The van der Waals surface area contributed by atoms with Crippen LogP contribution in [0.5, 0.6) is 0 Å². The average Bonchev–Trinajstić information content (AvgIpc) is 2.93. The molecule has 19 heavy (non-hydrogen) atoms. The van der Waals surface area contributed by atoms with Gasteiger partial charge in [0.2, 0.25) is 10.0 Å². The molecule has 0 bridgehead atoms. The summed E-state index contributed by atoms with van der Waals surface area (Å²) < 4.78 is 28.5. The quantitative estimate of drug-likeness (QED) is 0.820. The number of sulfonamides is 1. The zero-order valence-corrected chi connectivity index (χ0v) is 12.1. The van der Waals surface area contributed by atoms with Crippen molar-refractivity contribution in [3.8, 4) is 0 Å². The van der Waals surface area contributed by atoms with Crippen LogP contribution in [-0.2, 0) is 30.2 Å². The summed E-state index contributed by atoms with van der Waals surface area (Å²) in [6.45, 7) is 1.68. The molecule has 0 aliphatic heterocycles. The van der Waals surface area contributed by atoms with Gasteiger partial charge in [-0.3, -0.25) is 0 Å². The summed E-state index contributed by atoms with van der Waals surface area (Å²) in [4.78, 5) is 0.652. The van der Waals surface area contributed by atoms with Gasteiger partial charge < -0.3 is 9.67 Å². The van der Waals surface area contributed by atoms with E-state index in [4.69, 9.17) is 5.11 Å². The molecule has 9 heteroatoms. The third-order valence-electron chi connectivity index (χ3n) is 2.63. The lowest BCUT2D eigenvalue weighted by Gasteiger charge is -2.03. The molecule has 0 spiro atoms. The van der Waals surface area contributed by atoms with Crippen LogP contribution in [0.2, 0.25) is 0 Å². The highest BCUT2D eigenvalue weighted by Gasteiger charge is 2.19. The molecule has 0 amide bonds. The molecular formula is C10H14N4O3S2. The van der Waals surface area contributed by atoms with Crippen LogP contribution in [0, 0.1) is 6.92 Å². The second kappa shape index (κ2) is 5.37. The molecule has 0 atom stereocenters. The van der Waals surface area contributed by atoms with Crippen LogP contribution in [0.4, 0.5) is 0 Å². The highest BCUT2D eigenvalue weighted by molar-refractivity contribution is 7.91. The lowest BCUT2D eigenvalue weighted by Crippen LogP contribution is -2.24. The average molecular weight is 302 g/mol. The second-order valence-electron chi connectivity index (χ2n) is 4.01. The van der Waals surface area contributed by atoms with Crippen LogP contribution in [0.25, 0.3) is 0 Å². The lowest BCUT2D eigenvalue weighted by atomic mass is 10.3. The minimum atomic E-state index is -3.59. The van der Waals surface area contributed by atoms with Crippen LogP contribution < -0.4 is 4.72 Å². The van der Waals surface area contributed by atoms with Gasteiger partial charge in [-0.05, 0) is 18.6 Å². The van der Waals surface area contributed by atoms with E-state index in [0.29, 0.717) is 10.7 Å². The Kier molecular flexibility index (Phi) is 3.99. The van der Waals surface area contributed by atoms with Crippen molar-refractivity contribution in [1.29, 1.82) is 0 Å². The van der Waals surface area contributed by atoms with Gasteiger partial charge in [-0.25, -0.2) is 13.1 Å². The third-order valence-corrected chi connectivity index (χ3v) is 5.73. The highest BCUT2D eigenvalue weighted by atomic mass is 32.2. The van der Waals surface area contributed by atoms with E-state index in [1.807, 2.05) is 0 Å². The van der Waals surface area contributed by atoms with E-state index in [0.717, 1.165) is 16.9 Å². The molecule has 2 aromatic heterocycles. The number of aliphatic hydroxyl groups is 1. The fraction of sp³-hybridized carbons (Fsp3) is 0.400. The summed E-state index contributed by atoms with van der Waals surface area (Å²) in [5, 5.41) is 16.6. The van der Waals surface area contributed by atoms with Gasteiger partial charge in [0.1, 0.15) is 16.4 Å². The molecule has 0 aliphatic carbocycles. The van der Waals surface area contributed by atoms with Crippen LogP contribution >= 0.6 is 11.3 Å². The minimum Gasteiger partial charge on any atom is -0.391 e. The number of thiophene rings is 1. The van der Waals surface area contributed by atoms with Gasteiger partial charge in [-0.15, -0.1) is 21.5 Å². The minimum absolute atomic E-state index is 0.0737. The Morgan fingerprint density at radius 2 is 2.26 bits per heavy atom. The van der Waals surface area contributed by atoms with Crippen LogP contribution in [-0.4, -0.2) is 28.3 Å². The van der Waals surface area contributed by atoms with Gasteiger partial charge >= 0.3 is 0 Å². The largest absolute Gasteiger partial charge is 0.391 e. The number of aromatic nitrogens is 3. The topological polar surface area (TPSA) is 97.1 Å². The van der Waals surface area contributed by atoms with Crippen LogP contribution in [0.3, 0.4) is 0 Å². The van der Waals surface area contributed by atoms with E-state index in [2.05, 4.69) is 14.9 Å². The normalized spacial score (nSPS) is 11.9. The predicted octanol–water partition coefficient (Wildman–Crippen LogP) is 0.156. The standard InChI is InChI=1S/C10H14N4O3S2/c1-7-3-10(18-8(7)5-15)19(16,17)12-4-9-13-11-6-14(9)2/h3,6,12,15H,4-5H2,1-2H3. The first-order valence-electron chi connectivity index (χ1n) is 5.46. The van der Waals surface area contributed by atoms with Crippen molar-refractivity contribution < 1.29 is 13.5 Å². The SMILES string of the molecule is Cc1cc(S(=O)(=O)NCc2nncn2C)sc1CO. The number of nitrogens with one attached hydrogen (secondary N) is 1. The van der Waals surface area contributed by atoms with Crippen molar-refractivity contribution >= 4 is 21.4 Å². The highest BCUT2D eigenvalue weighted by Crippen LogP contribution is 2.25. The van der Waals surface area contributed by atoms with Crippen molar-refractivity contribution in [3.63, 3.8) is 0 Å². The smallest absolute Gasteiger partial charge is 0.250 e. The van der Waals surface area contributed by atoms with Gasteiger partial charge in [0.15, 0.2) is 0 Å². The number of hydrogen-bond acceptors (Lipinski definition) is 6. The molecule has 7 nitrogen and oxygen atoms in total. The first kappa shape index (κ1) is 14.1. The third kappa shape index (κ3) is 3.00. The molecular weight excluding hydrogens is 288 g/mol. The van der Waals surface area contributed by atoms with Gasteiger partial charge in [-0.1, -0.05) is 0 Å². The molecule has 0 fully saturated rings. The summed E-state index contributed by atoms with van der Waals surface area (Å²) in [7, 11) is -1.85. The van der Waals surface area contributed by atoms with Gasteiger partial charge in [0.05, 0.1) is 13.2 Å². The molecule has 2 N–H and O–H groups in total. The molecule has 0 unspecified atom stereocenters. The summed E-state index contributed by atoms with van der Waals surface area (Å²) in [6, 6.07) is 1.55. The van der Waals surface area contributed by atoms with Gasteiger partial charge in [0, 0.05) is 11.9 Å². The van der Waals surface area contributed by atoms with E-state index in [9.17, 15) is 8.42 Å². The zero-order chi connectivity index (χ0) is 14.0. The van der Waals surface area contributed by atoms with E-state index >= 15 is 0 Å². The molecule has 2 rings (SSSR count). The monoisotopic (exact) mass is 302 g/mol. The number of aryl methyl sites for hydroxylation is 2. The summed E-state index contributed by atoms with van der Waals surface area (Å²) in [5.41, 5.74) is 0.770. The Morgan fingerprint density at radius 3 is 2.79 bits per heavy atom. The molecule has 2 heterocycles. The Morgan fingerprint density at radius 1 is 1.53 bits per heavy atom. The predicted molar refractivity (Wildman–Crippen MR) is 70.0 cm³/mol. The van der Waals surface area contributed by atoms with Crippen LogP contribution in [0.1, 0.15) is 16.3 Å². The molecule has 0 aromatic carbocycles. The molecule has 104 valence electrons. The number of aliphatic hydroxyl groups excluding tert-OH is 1. The molecule has 2 aromatic rings. The number of nitrogens with zero attached hydrogens (tertiary/aromatic N) is 3. The first-order chi connectivity index (χ1) is 8.94. The molecule has 0 aliphatic rings. The lowest BCUT2D eigenvalue weighted by molar-refractivity contribution is 0.285. The van der Waals surface area contributed by atoms with Crippen molar-refractivity contribution in [2.45, 2.75) is 24.3 Å². The van der Waals surface area contributed by atoms with Gasteiger partial charge in [-0.2, -0.15) is 0 Å². The summed E-state index contributed by atoms with van der Waals surface area (Å²) in [5.74, 6) is 0.527. The van der Waals surface area contributed by atoms with Crippen molar-refractivity contribution in [2.75, 3.05) is 0 Å². The van der Waals surface area contributed by atoms with Gasteiger partial charge in [0.25, 0.3) is 0 Å². The van der Waals surface area contributed by atoms with Crippen LogP contribution in [0.15, 0.2) is 16.6 Å². The second-order valence-corrected chi connectivity index (χ2v) is 7.14.